The topological polar surface area (TPSA) is 29.3 Å². The molecule has 0 amide bonds. The van der Waals surface area contributed by atoms with Gasteiger partial charge in [0.15, 0.2) is 17.5 Å². The SMILES string of the molecule is CN1CCCC(N)C1c1cc(F)c(F)c(F)c1. The molecule has 0 aliphatic carbocycles. The van der Waals surface area contributed by atoms with E-state index in [1.807, 2.05) is 11.9 Å². The summed E-state index contributed by atoms with van der Waals surface area (Å²) >= 11 is 0. The summed E-state index contributed by atoms with van der Waals surface area (Å²) in [5.74, 6) is -3.75. The molecule has 1 aliphatic heterocycles. The van der Waals surface area contributed by atoms with Crippen molar-refractivity contribution in [3.8, 4) is 0 Å². The molecule has 1 fully saturated rings. The number of nitrogens with two attached hydrogens (primary N) is 1. The highest BCUT2D eigenvalue weighted by Gasteiger charge is 2.29. The zero-order chi connectivity index (χ0) is 12.6. The third kappa shape index (κ3) is 2.30. The number of halogens is 3. The average molecular weight is 244 g/mol. The summed E-state index contributed by atoms with van der Waals surface area (Å²) in [6, 6.07) is 1.63. The lowest BCUT2D eigenvalue weighted by Crippen LogP contribution is -2.43. The smallest absolute Gasteiger partial charge is 0.194 e. The largest absolute Gasteiger partial charge is 0.326 e. The average Bonchev–Trinajstić information content (AvgIpc) is 2.25. The fourth-order valence-electron chi connectivity index (χ4n) is 2.45. The number of likely N-dealkylation sites (tertiary alicyclic amines) is 1. The summed E-state index contributed by atoms with van der Waals surface area (Å²) in [7, 11) is 1.85. The molecule has 5 heteroatoms. The maximum absolute atomic E-state index is 13.2. The summed E-state index contributed by atoms with van der Waals surface area (Å²) in [5, 5.41) is 0. The summed E-state index contributed by atoms with van der Waals surface area (Å²) < 4.78 is 39.2. The molecule has 0 saturated carbocycles. The van der Waals surface area contributed by atoms with Gasteiger partial charge in [0.1, 0.15) is 0 Å². The van der Waals surface area contributed by atoms with Crippen LogP contribution >= 0.6 is 0 Å². The monoisotopic (exact) mass is 244 g/mol. The molecule has 1 heterocycles. The summed E-state index contributed by atoms with van der Waals surface area (Å²) in [5.41, 5.74) is 6.36. The van der Waals surface area contributed by atoms with Crippen LogP contribution in [0.3, 0.4) is 0 Å². The number of piperidine rings is 1. The molecular formula is C12H15F3N2. The number of hydrogen-bond donors (Lipinski definition) is 1. The maximum Gasteiger partial charge on any atom is 0.194 e. The molecule has 0 spiro atoms. The van der Waals surface area contributed by atoms with Gasteiger partial charge >= 0.3 is 0 Å². The molecule has 1 aromatic rings. The van der Waals surface area contributed by atoms with Crippen LogP contribution in [0.25, 0.3) is 0 Å². The zero-order valence-corrected chi connectivity index (χ0v) is 9.59. The van der Waals surface area contributed by atoms with E-state index in [0.717, 1.165) is 31.5 Å². The van der Waals surface area contributed by atoms with Crippen LogP contribution in [-0.2, 0) is 0 Å². The lowest BCUT2D eigenvalue weighted by molar-refractivity contribution is 0.162. The first kappa shape index (κ1) is 12.4. The molecule has 0 bridgehead atoms. The molecule has 2 unspecified atom stereocenters. The Labute approximate surface area is 98.2 Å². The first-order chi connectivity index (χ1) is 8.00. The molecule has 1 saturated heterocycles. The first-order valence-corrected chi connectivity index (χ1v) is 5.61. The Morgan fingerprint density at radius 1 is 1.24 bits per heavy atom. The molecule has 0 aromatic heterocycles. The minimum absolute atomic E-state index is 0.182. The van der Waals surface area contributed by atoms with E-state index < -0.39 is 17.5 Å². The van der Waals surface area contributed by atoms with Crippen molar-refractivity contribution in [3.63, 3.8) is 0 Å². The predicted octanol–water partition coefficient (Wildman–Crippen LogP) is 2.20. The standard InChI is InChI=1S/C12H15F3N2/c1-17-4-2-3-10(16)12(17)7-5-8(13)11(15)9(14)6-7/h5-6,10,12H,2-4,16H2,1H3. The van der Waals surface area contributed by atoms with Crippen LogP contribution in [0.2, 0.25) is 0 Å². The molecule has 17 heavy (non-hydrogen) atoms. The van der Waals surface area contributed by atoms with Gasteiger partial charge in [0, 0.05) is 12.1 Å². The Balaban J connectivity index is 2.38. The predicted molar refractivity (Wildman–Crippen MR) is 58.9 cm³/mol. The highest BCUT2D eigenvalue weighted by atomic mass is 19.2. The molecule has 2 N–H and O–H groups in total. The van der Waals surface area contributed by atoms with Crippen molar-refractivity contribution >= 4 is 0 Å². The van der Waals surface area contributed by atoms with Gasteiger partial charge in [-0.2, -0.15) is 0 Å². The van der Waals surface area contributed by atoms with Crippen molar-refractivity contribution < 1.29 is 13.2 Å². The van der Waals surface area contributed by atoms with Gasteiger partial charge in [-0.1, -0.05) is 0 Å². The van der Waals surface area contributed by atoms with Gasteiger partial charge in [0.2, 0.25) is 0 Å². The maximum atomic E-state index is 13.2. The lowest BCUT2D eigenvalue weighted by Gasteiger charge is -2.37. The lowest BCUT2D eigenvalue weighted by atomic mass is 9.91. The van der Waals surface area contributed by atoms with E-state index in [2.05, 4.69) is 0 Å². The fraction of sp³-hybridized carbons (Fsp3) is 0.500. The zero-order valence-electron chi connectivity index (χ0n) is 9.59. The molecule has 1 aromatic carbocycles. The Morgan fingerprint density at radius 3 is 2.35 bits per heavy atom. The molecule has 2 nitrogen and oxygen atoms in total. The number of hydrogen-bond acceptors (Lipinski definition) is 2. The van der Waals surface area contributed by atoms with Gasteiger partial charge in [0.25, 0.3) is 0 Å². The Bertz CT molecular complexity index is 389. The van der Waals surface area contributed by atoms with Crippen LogP contribution in [0, 0.1) is 17.5 Å². The molecule has 1 aliphatic rings. The van der Waals surface area contributed by atoms with Gasteiger partial charge in [-0.25, -0.2) is 13.2 Å². The normalized spacial score (nSPS) is 26.2. The van der Waals surface area contributed by atoms with Crippen LogP contribution in [-0.4, -0.2) is 24.5 Å². The first-order valence-electron chi connectivity index (χ1n) is 5.61. The summed E-state index contributed by atoms with van der Waals surface area (Å²) in [6.45, 7) is 0.818. The van der Waals surface area contributed by atoms with E-state index in [9.17, 15) is 13.2 Å². The van der Waals surface area contributed by atoms with E-state index >= 15 is 0 Å². The van der Waals surface area contributed by atoms with E-state index in [1.54, 1.807) is 0 Å². The molecule has 94 valence electrons. The van der Waals surface area contributed by atoms with Crippen LogP contribution in [0.5, 0.6) is 0 Å². The second-order valence-electron chi connectivity index (χ2n) is 4.53. The second-order valence-corrected chi connectivity index (χ2v) is 4.53. The molecule has 2 rings (SSSR count). The Hall–Kier alpha value is -1.07. The van der Waals surface area contributed by atoms with Crippen molar-refractivity contribution in [1.29, 1.82) is 0 Å². The fourth-order valence-corrected chi connectivity index (χ4v) is 2.45. The minimum Gasteiger partial charge on any atom is -0.326 e. The van der Waals surface area contributed by atoms with Gasteiger partial charge in [0.05, 0.1) is 0 Å². The molecule has 0 radical (unpaired) electrons. The van der Waals surface area contributed by atoms with Gasteiger partial charge in [-0.3, -0.25) is 4.90 Å². The molecule has 2 atom stereocenters. The number of nitrogens with zero attached hydrogens (tertiary/aromatic N) is 1. The number of benzene rings is 1. The highest BCUT2D eigenvalue weighted by molar-refractivity contribution is 5.24. The van der Waals surface area contributed by atoms with Crippen molar-refractivity contribution in [3.05, 3.63) is 35.1 Å². The van der Waals surface area contributed by atoms with Crippen LogP contribution in [0.15, 0.2) is 12.1 Å². The number of rotatable bonds is 1. The third-order valence-electron chi connectivity index (χ3n) is 3.28. The van der Waals surface area contributed by atoms with Gasteiger partial charge in [-0.05, 0) is 44.1 Å². The van der Waals surface area contributed by atoms with Crippen LogP contribution in [0.4, 0.5) is 13.2 Å². The number of likely N-dealkylation sites (N-methyl/N-ethyl adjacent to an activating group) is 1. The van der Waals surface area contributed by atoms with Crippen molar-refractivity contribution in [2.75, 3.05) is 13.6 Å². The van der Waals surface area contributed by atoms with Crippen LogP contribution < -0.4 is 5.73 Å². The molecular weight excluding hydrogens is 229 g/mol. The van der Waals surface area contributed by atoms with Gasteiger partial charge < -0.3 is 5.73 Å². The second kappa shape index (κ2) is 4.66. The highest BCUT2D eigenvalue weighted by Crippen LogP contribution is 2.30. The summed E-state index contributed by atoms with van der Waals surface area (Å²) in [6.07, 6.45) is 1.76. The van der Waals surface area contributed by atoms with Crippen molar-refractivity contribution in [2.45, 2.75) is 24.9 Å². The van der Waals surface area contributed by atoms with E-state index in [-0.39, 0.29) is 12.1 Å². The van der Waals surface area contributed by atoms with E-state index in [0.29, 0.717) is 5.56 Å². The van der Waals surface area contributed by atoms with Gasteiger partial charge in [-0.15, -0.1) is 0 Å². The van der Waals surface area contributed by atoms with Crippen molar-refractivity contribution in [2.24, 2.45) is 5.73 Å². The minimum atomic E-state index is -1.43. The third-order valence-corrected chi connectivity index (χ3v) is 3.28. The Morgan fingerprint density at radius 2 is 1.82 bits per heavy atom. The van der Waals surface area contributed by atoms with Crippen molar-refractivity contribution in [1.82, 2.24) is 4.90 Å². The van der Waals surface area contributed by atoms with E-state index in [4.69, 9.17) is 5.73 Å². The Kier molecular flexibility index (Phi) is 3.40. The van der Waals surface area contributed by atoms with Crippen LogP contribution in [0.1, 0.15) is 24.4 Å². The summed E-state index contributed by atoms with van der Waals surface area (Å²) in [4.78, 5) is 1.94. The van der Waals surface area contributed by atoms with E-state index in [1.165, 1.54) is 0 Å². The quantitative estimate of drug-likeness (QED) is 0.767.